The summed E-state index contributed by atoms with van der Waals surface area (Å²) >= 11 is 6.91. The van der Waals surface area contributed by atoms with E-state index in [-0.39, 0.29) is 33.8 Å². The first-order valence-electron chi connectivity index (χ1n) is 5.14. The van der Waals surface area contributed by atoms with Crippen LogP contribution in [0.5, 0.6) is 0 Å². The maximum Gasteiger partial charge on any atom is 0.303 e. The SMILES string of the molecule is CC(=O)O[C@@H]1C(C)=C[C@@H](OC(C)=O)[C@H](Br)[C@H]1Br. The second kappa shape index (κ2) is 6.00. The predicted molar refractivity (Wildman–Crippen MR) is 70.3 cm³/mol. The molecule has 0 aromatic rings. The largest absolute Gasteiger partial charge is 0.457 e. The molecule has 0 aromatic heterocycles. The van der Waals surface area contributed by atoms with Gasteiger partial charge in [0.2, 0.25) is 0 Å². The fourth-order valence-corrected chi connectivity index (χ4v) is 3.04. The molecule has 6 heteroatoms. The zero-order valence-electron chi connectivity index (χ0n) is 9.78. The molecule has 0 N–H and O–H groups in total. The Morgan fingerprint density at radius 3 is 2.12 bits per heavy atom. The van der Waals surface area contributed by atoms with Crippen molar-refractivity contribution in [1.82, 2.24) is 0 Å². The summed E-state index contributed by atoms with van der Waals surface area (Å²) in [5, 5.41) is 0. The number of carbonyl (C=O) groups excluding carboxylic acids is 2. The number of hydrogen-bond donors (Lipinski definition) is 0. The van der Waals surface area contributed by atoms with E-state index in [1.54, 1.807) is 6.08 Å². The third kappa shape index (κ3) is 3.81. The monoisotopic (exact) mass is 368 g/mol. The summed E-state index contributed by atoms with van der Waals surface area (Å²) in [5.74, 6) is -0.674. The van der Waals surface area contributed by atoms with E-state index >= 15 is 0 Å². The van der Waals surface area contributed by atoms with Gasteiger partial charge in [0.25, 0.3) is 0 Å². The minimum atomic E-state index is -0.358. The molecular weight excluding hydrogens is 356 g/mol. The minimum absolute atomic E-state index is 0.138. The highest BCUT2D eigenvalue weighted by molar-refractivity contribution is 9.12. The van der Waals surface area contributed by atoms with Crippen molar-refractivity contribution >= 4 is 43.8 Å². The van der Waals surface area contributed by atoms with Crippen molar-refractivity contribution in [1.29, 1.82) is 0 Å². The standard InChI is InChI=1S/C11H14Br2O4/c1-5-4-8(16-6(2)14)9(12)10(13)11(5)17-7(3)15/h4,8-11H,1-3H3/t8-,9+,10-,11-/m1/s1. The van der Waals surface area contributed by atoms with E-state index in [9.17, 15) is 9.59 Å². The second-order valence-corrected chi connectivity index (χ2v) is 6.02. The molecule has 1 aliphatic rings. The second-order valence-electron chi connectivity index (χ2n) is 3.90. The highest BCUT2D eigenvalue weighted by Crippen LogP contribution is 2.33. The Balaban J connectivity index is 2.87. The topological polar surface area (TPSA) is 52.6 Å². The van der Waals surface area contributed by atoms with Gasteiger partial charge in [-0.05, 0) is 18.6 Å². The minimum Gasteiger partial charge on any atom is -0.457 e. The van der Waals surface area contributed by atoms with Gasteiger partial charge in [-0.15, -0.1) is 0 Å². The van der Waals surface area contributed by atoms with Crippen LogP contribution < -0.4 is 0 Å². The molecule has 17 heavy (non-hydrogen) atoms. The molecule has 0 bridgehead atoms. The number of alkyl halides is 2. The Hall–Kier alpha value is -0.360. The number of ether oxygens (including phenoxy) is 2. The zero-order chi connectivity index (χ0) is 13.2. The molecule has 0 amide bonds. The van der Waals surface area contributed by atoms with Crippen LogP contribution in [0, 0.1) is 0 Å². The number of rotatable bonds is 2. The van der Waals surface area contributed by atoms with Crippen LogP contribution in [-0.4, -0.2) is 33.8 Å². The lowest BCUT2D eigenvalue weighted by molar-refractivity contribution is -0.148. The lowest BCUT2D eigenvalue weighted by atomic mass is 9.95. The number of halogens is 2. The van der Waals surface area contributed by atoms with Gasteiger partial charge in [-0.2, -0.15) is 0 Å². The molecule has 0 heterocycles. The Kier molecular flexibility index (Phi) is 5.19. The van der Waals surface area contributed by atoms with Gasteiger partial charge in [-0.3, -0.25) is 9.59 Å². The third-order valence-corrected chi connectivity index (χ3v) is 5.23. The van der Waals surface area contributed by atoms with Crippen molar-refractivity contribution in [2.24, 2.45) is 0 Å². The van der Waals surface area contributed by atoms with Crippen molar-refractivity contribution in [3.63, 3.8) is 0 Å². The Bertz CT molecular complexity index is 353. The van der Waals surface area contributed by atoms with Crippen LogP contribution in [0.3, 0.4) is 0 Å². The number of carbonyl (C=O) groups is 2. The summed E-state index contributed by atoms with van der Waals surface area (Å²) in [6.07, 6.45) is 1.10. The molecule has 0 fully saturated rings. The molecule has 0 spiro atoms. The van der Waals surface area contributed by atoms with Crippen LogP contribution in [-0.2, 0) is 19.1 Å². The van der Waals surface area contributed by atoms with Crippen molar-refractivity contribution in [2.45, 2.75) is 42.6 Å². The van der Waals surface area contributed by atoms with Crippen molar-refractivity contribution in [3.05, 3.63) is 11.6 Å². The van der Waals surface area contributed by atoms with E-state index in [4.69, 9.17) is 9.47 Å². The van der Waals surface area contributed by atoms with E-state index in [1.165, 1.54) is 13.8 Å². The molecule has 0 radical (unpaired) electrons. The van der Waals surface area contributed by atoms with E-state index in [2.05, 4.69) is 31.9 Å². The first kappa shape index (κ1) is 14.7. The average Bonchev–Trinajstić information content (AvgIpc) is 2.20. The maximum absolute atomic E-state index is 11.0. The predicted octanol–water partition coefficient (Wildman–Crippen LogP) is 2.34. The van der Waals surface area contributed by atoms with Gasteiger partial charge in [-0.25, -0.2) is 0 Å². The van der Waals surface area contributed by atoms with Gasteiger partial charge in [0.15, 0.2) is 0 Å². The van der Waals surface area contributed by atoms with Gasteiger partial charge in [0, 0.05) is 13.8 Å². The van der Waals surface area contributed by atoms with Crippen LogP contribution in [0.4, 0.5) is 0 Å². The summed E-state index contributed by atoms with van der Waals surface area (Å²) in [5.41, 5.74) is 0.865. The lowest BCUT2D eigenvalue weighted by Crippen LogP contribution is -2.44. The molecular formula is C11H14Br2O4. The molecule has 0 aliphatic heterocycles. The highest BCUT2D eigenvalue weighted by Gasteiger charge is 2.39. The van der Waals surface area contributed by atoms with Crippen LogP contribution in [0.1, 0.15) is 20.8 Å². The molecule has 96 valence electrons. The summed E-state index contributed by atoms with van der Waals surface area (Å²) in [6, 6.07) is 0. The van der Waals surface area contributed by atoms with E-state index in [1.807, 2.05) is 6.92 Å². The molecule has 0 saturated carbocycles. The molecule has 0 unspecified atom stereocenters. The number of hydrogen-bond acceptors (Lipinski definition) is 4. The average molecular weight is 370 g/mol. The number of esters is 2. The highest BCUT2D eigenvalue weighted by atomic mass is 79.9. The van der Waals surface area contributed by atoms with Crippen molar-refractivity contribution < 1.29 is 19.1 Å². The van der Waals surface area contributed by atoms with Gasteiger partial charge in [0.05, 0.1) is 9.65 Å². The zero-order valence-corrected chi connectivity index (χ0v) is 12.9. The van der Waals surface area contributed by atoms with E-state index in [0.717, 1.165) is 5.57 Å². The van der Waals surface area contributed by atoms with Gasteiger partial charge >= 0.3 is 11.9 Å². The lowest BCUT2D eigenvalue weighted by Gasteiger charge is -2.34. The van der Waals surface area contributed by atoms with Crippen LogP contribution in [0.15, 0.2) is 11.6 Å². The molecule has 1 aliphatic carbocycles. The first-order valence-corrected chi connectivity index (χ1v) is 6.97. The molecule has 4 atom stereocenters. The Morgan fingerprint density at radius 2 is 1.65 bits per heavy atom. The van der Waals surface area contributed by atoms with E-state index < -0.39 is 0 Å². The van der Waals surface area contributed by atoms with Crippen LogP contribution in [0.25, 0.3) is 0 Å². The van der Waals surface area contributed by atoms with Crippen LogP contribution >= 0.6 is 31.9 Å². The normalized spacial score (nSPS) is 32.6. The molecule has 0 saturated heterocycles. The van der Waals surface area contributed by atoms with Crippen molar-refractivity contribution in [2.75, 3.05) is 0 Å². The summed E-state index contributed by atoms with van der Waals surface area (Å²) in [6.45, 7) is 4.58. The van der Waals surface area contributed by atoms with Gasteiger partial charge < -0.3 is 9.47 Å². The summed E-state index contributed by atoms with van der Waals surface area (Å²) in [4.78, 5) is 21.7. The maximum atomic E-state index is 11.0. The summed E-state index contributed by atoms with van der Waals surface area (Å²) in [7, 11) is 0. The summed E-state index contributed by atoms with van der Waals surface area (Å²) < 4.78 is 10.4. The van der Waals surface area contributed by atoms with E-state index in [0.29, 0.717) is 0 Å². The van der Waals surface area contributed by atoms with Gasteiger partial charge in [-0.1, -0.05) is 31.9 Å². The first-order chi connectivity index (χ1) is 7.82. The van der Waals surface area contributed by atoms with Crippen LogP contribution in [0.2, 0.25) is 0 Å². The molecule has 4 nitrogen and oxygen atoms in total. The molecule has 1 rings (SSSR count). The quantitative estimate of drug-likeness (QED) is 0.426. The third-order valence-electron chi connectivity index (χ3n) is 2.38. The van der Waals surface area contributed by atoms with Crippen molar-refractivity contribution in [3.8, 4) is 0 Å². The fourth-order valence-electron chi connectivity index (χ4n) is 1.67. The Labute approximate surface area is 117 Å². The smallest absolute Gasteiger partial charge is 0.303 e. The van der Waals surface area contributed by atoms with Gasteiger partial charge in [0.1, 0.15) is 12.2 Å². The molecule has 0 aromatic carbocycles. The Morgan fingerprint density at radius 1 is 1.12 bits per heavy atom. The fraction of sp³-hybridized carbons (Fsp3) is 0.636.